The summed E-state index contributed by atoms with van der Waals surface area (Å²) in [4.78, 5) is 26.6. The number of likely N-dealkylation sites (N-methyl/N-ethyl adjacent to an activating group) is 1. The maximum Gasteiger partial charge on any atom is 0.335 e. The number of fused-ring (bicyclic) bond motifs is 1. The van der Waals surface area contributed by atoms with Crippen LogP contribution in [0.3, 0.4) is 0 Å². The molecule has 1 amide bonds. The molecular weight excluding hydrogens is 246 g/mol. The van der Waals surface area contributed by atoms with Crippen LogP contribution >= 0.6 is 0 Å². The molecule has 0 saturated carbocycles. The molecule has 102 valence electrons. The fraction of sp³-hybridized carbons (Fsp3) is 0.385. The number of aromatic carboxylic acids is 1. The van der Waals surface area contributed by atoms with E-state index >= 15 is 0 Å². The van der Waals surface area contributed by atoms with Gasteiger partial charge in [-0.25, -0.2) is 4.79 Å². The van der Waals surface area contributed by atoms with E-state index in [9.17, 15) is 9.59 Å². The molecule has 1 aliphatic heterocycles. The molecule has 1 aromatic carbocycles. The minimum absolute atomic E-state index is 0.117. The SMILES string of the molecule is CN(C)CCN1CC(=O)Nc2cc(C(=O)O)ccc21. The predicted octanol–water partition coefficient (Wildman–Crippen LogP) is 0.705. The minimum Gasteiger partial charge on any atom is -0.478 e. The lowest BCUT2D eigenvalue weighted by Gasteiger charge is -2.31. The average molecular weight is 263 g/mol. The zero-order chi connectivity index (χ0) is 14.0. The van der Waals surface area contributed by atoms with Gasteiger partial charge in [0, 0.05) is 13.1 Å². The third-order valence-electron chi connectivity index (χ3n) is 3.01. The van der Waals surface area contributed by atoms with Crippen LogP contribution in [0.2, 0.25) is 0 Å². The predicted molar refractivity (Wildman–Crippen MR) is 72.8 cm³/mol. The van der Waals surface area contributed by atoms with Gasteiger partial charge in [-0.15, -0.1) is 0 Å². The van der Waals surface area contributed by atoms with Gasteiger partial charge in [-0.05, 0) is 32.3 Å². The molecule has 0 radical (unpaired) electrons. The van der Waals surface area contributed by atoms with E-state index in [-0.39, 0.29) is 11.5 Å². The van der Waals surface area contributed by atoms with Gasteiger partial charge < -0.3 is 20.2 Å². The smallest absolute Gasteiger partial charge is 0.335 e. The summed E-state index contributed by atoms with van der Waals surface area (Å²) in [6.07, 6.45) is 0. The van der Waals surface area contributed by atoms with Gasteiger partial charge in [0.25, 0.3) is 0 Å². The molecule has 0 spiro atoms. The molecule has 0 aliphatic carbocycles. The Balaban J connectivity index is 2.27. The Labute approximate surface area is 111 Å². The second-order valence-corrected chi connectivity index (χ2v) is 4.81. The molecule has 0 aromatic heterocycles. The summed E-state index contributed by atoms with van der Waals surface area (Å²) in [7, 11) is 3.94. The maximum absolute atomic E-state index is 11.6. The van der Waals surface area contributed by atoms with Crippen LogP contribution in [0.4, 0.5) is 11.4 Å². The van der Waals surface area contributed by atoms with Crippen molar-refractivity contribution >= 4 is 23.3 Å². The number of carboxylic acid groups (broad SMARTS) is 1. The lowest BCUT2D eigenvalue weighted by Crippen LogP contribution is -2.41. The fourth-order valence-electron chi connectivity index (χ4n) is 2.01. The van der Waals surface area contributed by atoms with Crippen molar-refractivity contribution in [1.29, 1.82) is 0 Å². The molecule has 6 nitrogen and oxygen atoms in total. The number of nitrogens with one attached hydrogen (secondary N) is 1. The lowest BCUT2D eigenvalue weighted by molar-refractivity contribution is -0.115. The van der Waals surface area contributed by atoms with Crippen LogP contribution in [0.25, 0.3) is 0 Å². The summed E-state index contributed by atoms with van der Waals surface area (Å²) in [5.41, 5.74) is 1.61. The van der Waals surface area contributed by atoms with Gasteiger partial charge in [0.05, 0.1) is 23.5 Å². The standard InChI is InChI=1S/C13H17N3O3/c1-15(2)5-6-16-8-12(17)14-10-7-9(13(18)19)3-4-11(10)16/h3-4,7H,5-6,8H2,1-2H3,(H,14,17)(H,18,19). The Bertz CT molecular complexity index is 514. The Morgan fingerprint density at radius 3 is 2.84 bits per heavy atom. The molecule has 0 fully saturated rings. The van der Waals surface area contributed by atoms with Gasteiger partial charge in [-0.1, -0.05) is 0 Å². The molecule has 0 bridgehead atoms. The molecule has 1 heterocycles. The lowest BCUT2D eigenvalue weighted by atomic mass is 10.1. The van der Waals surface area contributed by atoms with E-state index in [4.69, 9.17) is 5.11 Å². The monoisotopic (exact) mass is 263 g/mol. The van der Waals surface area contributed by atoms with Gasteiger partial charge in [0.2, 0.25) is 5.91 Å². The van der Waals surface area contributed by atoms with Crippen LogP contribution in [0.5, 0.6) is 0 Å². The van der Waals surface area contributed by atoms with Crippen molar-refractivity contribution in [3.8, 4) is 0 Å². The van der Waals surface area contributed by atoms with Gasteiger partial charge in [-0.2, -0.15) is 0 Å². The van der Waals surface area contributed by atoms with Crippen molar-refractivity contribution in [2.45, 2.75) is 0 Å². The Morgan fingerprint density at radius 2 is 2.21 bits per heavy atom. The van der Waals surface area contributed by atoms with Crippen LogP contribution in [-0.4, -0.2) is 55.6 Å². The topological polar surface area (TPSA) is 72.9 Å². The molecule has 6 heteroatoms. The summed E-state index contributed by atoms with van der Waals surface area (Å²) in [6, 6.07) is 4.80. The van der Waals surface area contributed by atoms with E-state index in [1.54, 1.807) is 12.1 Å². The number of carboxylic acids is 1. The summed E-state index contributed by atoms with van der Waals surface area (Å²) in [6.45, 7) is 1.85. The number of amides is 1. The van der Waals surface area contributed by atoms with Crippen molar-refractivity contribution in [1.82, 2.24) is 4.90 Å². The first kappa shape index (κ1) is 13.4. The van der Waals surface area contributed by atoms with E-state index in [0.29, 0.717) is 12.2 Å². The molecule has 0 unspecified atom stereocenters. The zero-order valence-corrected chi connectivity index (χ0v) is 11.0. The number of carbonyl (C=O) groups excluding carboxylic acids is 1. The van der Waals surface area contributed by atoms with Crippen molar-refractivity contribution in [2.24, 2.45) is 0 Å². The first-order valence-corrected chi connectivity index (χ1v) is 6.04. The molecule has 2 rings (SSSR count). The molecule has 1 aliphatic rings. The number of nitrogens with zero attached hydrogens (tertiary/aromatic N) is 2. The molecule has 0 saturated heterocycles. The number of hydrogen-bond acceptors (Lipinski definition) is 4. The minimum atomic E-state index is -0.998. The van der Waals surface area contributed by atoms with E-state index in [1.165, 1.54) is 6.07 Å². The van der Waals surface area contributed by atoms with Crippen molar-refractivity contribution in [3.05, 3.63) is 23.8 Å². The van der Waals surface area contributed by atoms with Gasteiger partial charge in [0.1, 0.15) is 0 Å². The highest BCUT2D eigenvalue weighted by Crippen LogP contribution is 2.30. The van der Waals surface area contributed by atoms with E-state index in [2.05, 4.69) is 5.32 Å². The molecule has 0 atom stereocenters. The van der Waals surface area contributed by atoms with Crippen molar-refractivity contribution in [2.75, 3.05) is 43.9 Å². The number of benzene rings is 1. The van der Waals surface area contributed by atoms with Crippen LogP contribution < -0.4 is 10.2 Å². The molecule has 2 N–H and O–H groups in total. The summed E-state index contributed by atoms with van der Waals surface area (Å²) < 4.78 is 0. The molecular formula is C13H17N3O3. The molecule has 1 aromatic rings. The third kappa shape index (κ3) is 3.03. The van der Waals surface area contributed by atoms with Crippen molar-refractivity contribution in [3.63, 3.8) is 0 Å². The summed E-state index contributed by atoms with van der Waals surface area (Å²) in [5, 5.41) is 11.7. The highest BCUT2D eigenvalue weighted by atomic mass is 16.4. The van der Waals surface area contributed by atoms with E-state index in [1.807, 2.05) is 23.9 Å². The van der Waals surface area contributed by atoms with Gasteiger partial charge in [-0.3, -0.25) is 4.79 Å². The normalized spacial score (nSPS) is 14.3. The van der Waals surface area contributed by atoms with Gasteiger partial charge in [0.15, 0.2) is 0 Å². The Morgan fingerprint density at radius 1 is 1.47 bits per heavy atom. The zero-order valence-electron chi connectivity index (χ0n) is 11.0. The van der Waals surface area contributed by atoms with Crippen LogP contribution in [0.15, 0.2) is 18.2 Å². The molecule has 19 heavy (non-hydrogen) atoms. The quantitative estimate of drug-likeness (QED) is 0.836. The highest BCUT2D eigenvalue weighted by Gasteiger charge is 2.22. The number of rotatable bonds is 4. The Kier molecular flexibility index (Phi) is 3.71. The fourth-order valence-corrected chi connectivity index (χ4v) is 2.01. The van der Waals surface area contributed by atoms with E-state index in [0.717, 1.165) is 18.8 Å². The highest BCUT2D eigenvalue weighted by molar-refractivity contribution is 6.03. The first-order chi connectivity index (χ1) is 8.97. The summed E-state index contributed by atoms with van der Waals surface area (Å²) >= 11 is 0. The number of carbonyl (C=O) groups is 2. The van der Waals surface area contributed by atoms with E-state index < -0.39 is 5.97 Å². The first-order valence-electron chi connectivity index (χ1n) is 6.04. The second-order valence-electron chi connectivity index (χ2n) is 4.81. The van der Waals surface area contributed by atoms with Crippen LogP contribution in [-0.2, 0) is 4.79 Å². The summed E-state index contributed by atoms with van der Waals surface area (Å²) in [5.74, 6) is -1.11. The second kappa shape index (κ2) is 5.27. The van der Waals surface area contributed by atoms with Crippen LogP contribution in [0.1, 0.15) is 10.4 Å². The van der Waals surface area contributed by atoms with Crippen LogP contribution in [0, 0.1) is 0 Å². The van der Waals surface area contributed by atoms with Gasteiger partial charge >= 0.3 is 5.97 Å². The van der Waals surface area contributed by atoms with Crippen molar-refractivity contribution < 1.29 is 14.7 Å². The maximum atomic E-state index is 11.6. The third-order valence-corrected chi connectivity index (χ3v) is 3.01. The number of anilines is 2. The Hall–Kier alpha value is -2.08. The largest absolute Gasteiger partial charge is 0.478 e. The average Bonchev–Trinajstić information content (AvgIpc) is 2.34. The number of hydrogen-bond donors (Lipinski definition) is 2.